The van der Waals surface area contributed by atoms with Gasteiger partial charge in [0.15, 0.2) is 0 Å². The van der Waals surface area contributed by atoms with Crippen molar-refractivity contribution in [3.8, 4) is 5.75 Å². The number of likely N-dealkylation sites (tertiary alicyclic amines) is 1. The van der Waals surface area contributed by atoms with Gasteiger partial charge in [0.2, 0.25) is 0 Å². The van der Waals surface area contributed by atoms with Crippen LogP contribution in [0.1, 0.15) is 70.4 Å². The number of ether oxygens (including phenoxy) is 1. The van der Waals surface area contributed by atoms with Gasteiger partial charge in [0.25, 0.3) is 11.8 Å². The fourth-order valence-corrected chi connectivity index (χ4v) is 6.04. The van der Waals surface area contributed by atoms with Crippen molar-refractivity contribution in [2.75, 3.05) is 25.5 Å². The van der Waals surface area contributed by atoms with Crippen LogP contribution < -0.4 is 21.1 Å². The summed E-state index contributed by atoms with van der Waals surface area (Å²) in [6.07, 6.45) is 7.40. The maximum absolute atomic E-state index is 13.2. The Balaban J connectivity index is 1.29. The summed E-state index contributed by atoms with van der Waals surface area (Å²) < 4.78 is 5.23. The Morgan fingerprint density at radius 3 is 2.29 bits per heavy atom. The summed E-state index contributed by atoms with van der Waals surface area (Å²) in [4.78, 5) is 28.9. The molecule has 7 heteroatoms. The molecule has 1 aliphatic heterocycles. The second-order valence-corrected chi connectivity index (χ2v) is 11.5. The van der Waals surface area contributed by atoms with Gasteiger partial charge in [-0.3, -0.25) is 14.5 Å². The Kier molecular flexibility index (Phi) is 9.70. The van der Waals surface area contributed by atoms with Crippen molar-refractivity contribution in [1.82, 2.24) is 10.2 Å². The van der Waals surface area contributed by atoms with Crippen molar-refractivity contribution in [2.24, 2.45) is 11.7 Å². The Hall–Kier alpha value is -3.68. The average Bonchev–Trinajstić information content (AvgIpc) is 3.00. The van der Waals surface area contributed by atoms with E-state index >= 15 is 0 Å². The summed E-state index contributed by atoms with van der Waals surface area (Å²) in [7, 11) is 1.60. The normalized spacial score (nSPS) is 19.9. The van der Waals surface area contributed by atoms with Gasteiger partial charge in [0.05, 0.1) is 7.11 Å². The third-order valence-corrected chi connectivity index (χ3v) is 8.58. The van der Waals surface area contributed by atoms with E-state index in [0.29, 0.717) is 35.0 Å². The number of hydrogen-bond donors (Lipinski definition) is 3. The molecule has 2 atom stereocenters. The highest BCUT2D eigenvalue weighted by Crippen LogP contribution is 2.27. The number of carbonyl (C=O) groups excluding carboxylic acids is 2. The first-order chi connectivity index (χ1) is 20.0. The molecule has 3 aromatic carbocycles. The van der Waals surface area contributed by atoms with E-state index in [1.54, 1.807) is 31.4 Å². The van der Waals surface area contributed by atoms with E-state index in [2.05, 4.69) is 45.9 Å². The van der Waals surface area contributed by atoms with Crippen molar-refractivity contribution < 1.29 is 14.3 Å². The number of rotatable bonds is 9. The molecule has 3 aromatic rings. The van der Waals surface area contributed by atoms with Gasteiger partial charge in [-0.1, -0.05) is 49.2 Å². The fourth-order valence-electron chi connectivity index (χ4n) is 6.04. The van der Waals surface area contributed by atoms with Crippen LogP contribution in [0.2, 0.25) is 0 Å². The second-order valence-electron chi connectivity index (χ2n) is 11.5. The monoisotopic (exact) mass is 554 g/mol. The predicted molar refractivity (Wildman–Crippen MR) is 163 cm³/mol. The van der Waals surface area contributed by atoms with E-state index in [1.807, 2.05) is 18.2 Å². The van der Waals surface area contributed by atoms with Crippen molar-refractivity contribution in [2.45, 2.75) is 63.6 Å². The lowest BCUT2D eigenvalue weighted by molar-refractivity contribution is 0.0920. The van der Waals surface area contributed by atoms with E-state index in [4.69, 9.17) is 10.5 Å². The summed E-state index contributed by atoms with van der Waals surface area (Å²) in [6.45, 7) is 2.72. The van der Waals surface area contributed by atoms with E-state index in [-0.39, 0.29) is 23.9 Å². The van der Waals surface area contributed by atoms with E-state index < -0.39 is 0 Å². The molecule has 1 saturated carbocycles. The SMILES string of the molecule is COc1ccc(C(=O)Nc2cc(C(=O)NC3CCCCC3N)ccc2CN2CCC(Cc3ccccc3)CC2)cc1. The molecule has 41 heavy (non-hydrogen) atoms. The number of amides is 2. The molecule has 0 radical (unpaired) electrons. The molecular formula is C34H42N4O3. The largest absolute Gasteiger partial charge is 0.497 e. The van der Waals surface area contributed by atoms with Gasteiger partial charge < -0.3 is 21.1 Å². The zero-order valence-corrected chi connectivity index (χ0v) is 24.0. The first-order valence-electron chi connectivity index (χ1n) is 14.9. The third-order valence-electron chi connectivity index (χ3n) is 8.58. The summed E-state index contributed by atoms with van der Waals surface area (Å²) in [5.74, 6) is 1.00. The standard InChI is InChI=1S/C34H42N4O3/c1-41-29-15-13-26(14-16-29)33(39)37-32-22-27(34(40)36-31-10-6-5-9-30(31)35)11-12-28(32)23-38-19-17-25(18-20-38)21-24-7-3-2-4-8-24/h2-4,7-8,11-16,22,25,30-31H,5-6,9-10,17-21,23,35H2,1H3,(H,36,40)(H,37,39). The van der Waals surface area contributed by atoms with E-state index in [9.17, 15) is 9.59 Å². The van der Waals surface area contributed by atoms with Crippen LogP contribution in [0.5, 0.6) is 5.75 Å². The molecule has 1 saturated heterocycles. The quantitative estimate of drug-likeness (QED) is 0.329. The fraction of sp³-hybridized carbons (Fsp3) is 0.412. The van der Waals surface area contributed by atoms with Gasteiger partial charge >= 0.3 is 0 Å². The van der Waals surface area contributed by atoms with Gasteiger partial charge in [-0.15, -0.1) is 0 Å². The van der Waals surface area contributed by atoms with Crippen molar-refractivity contribution >= 4 is 17.5 Å². The van der Waals surface area contributed by atoms with Crippen LogP contribution in [-0.2, 0) is 13.0 Å². The molecule has 2 unspecified atom stereocenters. The predicted octanol–water partition coefficient (Wildman–Crippen LogP) is 5.40. The maximum atomic E-state index is 13.2. The Labute approximate surface area is 243 Å². The first kappa shape index (κ1) is 28.8. The van der Waals surface area contributed by atoms with Crippen molar-refractivity contribution in [1.29, 1.82) is 0 Å². The maximum Gasteiger partial charge on any atom is 0.255 e. The van der Waals surface area contributed by atoms with Crippen LogP contribution in [0.3, 0.4) is 0 Å². The summed E-state index contributed by atoms with van der Waals surface area (Å²) in [5, 5.41) is 6.23. The van der Waals surface area contributed by atoms with Gasteiger partial charge in [-0.05, 0) is 98.6 Å². The smallest absolute Gasteiger partial charge is 0.255 e. The van der Waals surface area contributed by atoms with Gasteiger partial charge in [0.1, 0.15) is 5.75 Å². The van der Waals surface area contributed by atoms with Crippen LogP contribution in [0.15, 0.2) is 72.8 Å². The first-order valence-corrected chi connectivity index (χ1v) is 14.9. The van der Waals surface area contributed by atoms with Gasteiger partial charge in [0, 0.05) is 35.4 Å². The highest BCUT2D eigenvalue weighted by atomic mass is 16.5. The van der Waals surface area contributed by atoms with E-state index in [0.717, 1.165) is 63.6 Å². The van der Waals surface area contributed by atoms with Crippen LogP contribution in [0.25, 0.3) is 0 Å². The molecule has 2 amide bonds. The number of piperidine rings is 1. The molecular weight excluding hydrogens is 512 g/mol. The second kappa shape index (κ2) is 13.8. The number of nitrogens with zero attached hydrogens (tertiary/aromatic N) is 1. The Bertz CT molecular complexity index is 1300. The molecule has 1 aliphatic carbocycles. The molecule has 0 spiro atoms. The Morgan fingerprint density at radius 2 is 1.59 bits per heavy atom. The topological polar surface area (TPSA) is 96.7 Å². The molecule has 2 fully saturated rings. The van der Waals surface area contributed by atoms with Gasteiger partial charge in [-0.2, -0.15) is 0 Å². The lowest BCUT2D eigenvalue weighted by atomic mass is 9.90. The van der Waals surface area contributed by atoms with Crippen molar-refractivity contribution in [3.05, 3.63) is 95.1 Å². The summed E-state index contributed by atoms with van der Waals surface area (Å²) >= 11 is 0. The minimum Gasteiger partial charge on any atom is -0.497 e. The van der Waals surface area contributed by atoms with Crippen LogP contribution in [-0.4, -0.2) is 49.0 Å². The van der Waals surface area contributed by atoms with Crippen LogP contribution in [0.4, 0.5) is 5.69 Å². The highest BCUT2D eigenvalue weighted by molar-refractivity contribution is 6.05. The molecule has 5 rings (SSSR count). The number of methoxy groups -OCH3 is 1. The summed E-state index contributed by atoms with van der Waals surface area (Å²) in [6, 6.07) is 23.3. The van der Waals surface area contributed by atoms with Crippen LogP contribution in [0, 0.1) is 5.92 Å². The molecule has 216 valence electrons. The number of carbonyl (C=O) groups is 2. The average molecular weight is 555 g/mol. The Morgan fingerprint density at radius 1 is 0.878 bits per heavy atom. The number of anilines is 1. The van der Waals surface area contributed by atoms with E-state index in [1.165, 1.54) is 5.56 Å². The van der Waals surface area contributed by atoms with Crippen molar-refractivity contribution in [3.63, 3.8) is 0 Å². The summed E-state index contributed by atoms with van der Waals surface area (Å²) in [5.41, 5.74) is 10.4. The van der Waals surface area contributed by atoms with Crippen LogP contribution >= 0.6 is 0 Å². The third kappa shape index (κ3) is 7.75. The molecule has 7 nitrogen and oxygen atoms in total. The lowest BCUT2D eigenvalue weighted by Crippen LogP contribution is -2.49. The molecule has 1 heterocycles. The number of benzene rings is 3. The molecule has 4 N–H and O–H groups in total. The minimum atomic E-state index is -0.220. The lowest BCUT2D eigenvalue weighted by Gasteiger charge is -2.32. The number of hydrogen-bond acceptors (Lipinski definition) is 5. The molecule has 0 aromatic heterocycles. The minimum absolute atomic E-state index is 0.0222. The number of nitrogens with two attached hydrogens (primary N) is 1. The highest BCUT2D eigenvalue weighted by Gasteiger charge is 2.25. The molecule has 0 bridgehead atoms. The number of nitrogens with one attached hydrogen (secondary N) is 2. The molecule has 2 aliphatic rings. The zero-order valence-electron chi connectivity index (χ0n) is 24.0. The zero-order chi connectivity index (χ0) is 28.6. The van der Waals surface area contributed by atoms with Gasteiger partial charge in [-0.25, -0.2) is 0 Å².